The number of rotatable bonds is 0. The smallest absolute Gasteiger partial charge is 0.137 e. The van der Waals surface area contributed by atoms with E-state index in [2.05, 4.69) is 28.1 Å². The molecule has 0 aromatic heterocycles. The molecule has 3 heteroatoms. The van der Waals surface area contributed by atoms with Crippen molar-refractivity contribution in [1.82, 2.24) is 0 Å². The number of carbonyl (C=O) groups is 1. The zero-order valence-corrected chi connectivity index (χ0v) is 10.2. The highest BCUT2D eigenvalue weighted by Crippen LogP contribution is 2.29. The number of Topliss-reactive ketones (excluding diaryl/α,β-unsaturated/α-hetero) is 1. The van der Waals surface area contributed by atoms with Crippen LogP contribution in [-0.4, -0.2) is 11.5 Å². The number of thioether (sulfide) groups is 1. The molecule has 14 heavy (non-hydrogen) atoms. The van der Waals surface area contributed by atoms with E-state index >= 15 is 0 Å². The van der Waals surface area contributed by atoms with Gasteiger partial charge in [0.05, 0.1) is 0 Å². The van der Waals surface area contributed by atoms with Crippen molar-refractivity contribution >= 4 is 33.5 Å². The summed E-state index contributed by atoms with van der Waals surface area (Å²) >= 11 is 5.30. The molecule has 0 spiro atoms. The van der Waals surface area contributed by atoms with Crippen LogP contribution in [-0.2, 0) is 11.2 Å². The standard InChI is InChI=1S/C11H11BrOS/c12-9-3-4-11-8(6-9)7-10(13)2-1-5-14-11/h3-4,6H,1-2,5,7H2. The Balaban J connectivity index is 2.34. The molecule has 1 aromatic carbocycles. The first-order valence-corrected chi connectivity index (χ1v) is 6.46. The number of hydrogen-bond donors (Lipinski definition) is 0. The highest BCUT2D eigenvalue weighted by atomic mass is 79.9. The van der Waals surface area contributed by atoms with Gasteiger partial charge in [-0.1, -0.05) is 15.9 Å². The lowest BCUT2D eigenvalue weighted by Gasteiger charge is -2.12. The number of hydrogen-bond acceptors (Lipinski definition) is 2. The summed E-state index contributed by atoms with van der Waals surface area (Å²) in [5.41, 5.74) is 1.18. The van der Waals surface area contributed by atoms with Crippen molar-refractivity contribution in [3.8, 4) is 0 Å². The van der Waals surface area contributed by atoms with Crippen LogP contribution in [0.1, 0.15) is 18.4 Å². The van der Waals surface area contributed by atoms with Crippen molar-refractivity contribution in [2.75, 3.05) is 5.75 Å². The lowest BCUT2D eigenvalue weighted by Crippen LogP contribution is -2.07. The second-order valence-electron chi connectivity index (χ2n) is 3.42. The van der Waals surface area contributed by atoms with Gasteiger partial charge in [0.1, 0.15) is 5.78 Å². The number of ketones is 1. The Bertz CT molecular complexity index is 362. The van der Waals surface area contributed by atoms with Gasteiger partial charge in [-0.2, -0.15) is 0 Å². The van der Waals surface area contributed by atoms with Crippen LogP contribution in [0.4, 0.5) is 0 Å². The van der Waals surface area contributed by atoms with Crippen molar-refractivity contribution in [1.29, 1.82) is 0 Å². The minimum atomic E-state index is 0.365. The Morgan fingerprint density at radius 1 is 1.36 bits per heavy atom. The molecule has 74 valence electrons. The first kappa shape index (κ1) is 10.2. The SMILES string of the molecule is O=C1CCCSc2ccc(Br)cc2C1. The van der Waals surface area contributed by atoms with Gasteiger partial charge in [0.15, 0.2) is 0 Å². The van der Waals surface area contributed by atoms with Gasteiger partial charge in [-0.25, -0.2) is 0 Å². The van der Waals surface area contributed by atoms with E-state index in [0.29, 0.717) is 12.2 Å². The number of halogens is 1. The van der Waals surface area contributed by atoms with Crippen LogP contribution in [0.3, 0.4) is 0 Å². The molecule has 0 saturated heterocycles. The molecule has 2 rings (SSSR count). The molecular weight excluding hydrogens is 260 g/mol. The number of fused-ring (bicyclic) bond motifs is 1. The summed E-state index contributed by atoms with van der Waals surface area (Å²) in [6.45, 7) is 0. The van der Waals surface area contributed by atoms with Crippen molar-refractivity contribution in [2.24, 2.45) is 0 Å². The van der Waals surface area contributed by atoms with Gasteiger partial charge < -0.3 is 0 Å². The zero-order valence-electron chi connectivity index (χ0n) is 7.75. The van der Waals surface area contributed by atoms with Gasteiger partial charge in [0.2, 0.25) is 0 Å². The van der Waals surface area contributed by atoms with E-state index < -0.39 is 0 Å². The molecular formula is C11H11BrOS. The van der Waals surface area contributed by atoms with Crippen LogP contribution < -0.4 is 0 Å². The fourth-order valence-corrected chi connectivity index (χ4v) is 2.98. The minimum absolute atomic E-state index is 0.365. The van der Waals surface area contributed by atoms with Gasteiger partial charge in [-0.15, -0.1) is 11.8 Å². The maximum atomic E-state index is 11.5. The van der Waals surface area contributed by atoms with Crippen LogP contribution in [0, 0.1) is 0 Å². The fraction of sp³-hybridized carbons (Fsp3) is 0.364. The largest absolute Gasteiger partial charge is 0.299 e. The van der Waals surface area contributed by atoms with E-state index in [1.807, 2.05) is 17.8 Å². The van der Waals surface area contributed by atoms with Crippen LogP contribution in [0.2, 0.25) is 0 Å². The van der Waals surface area contributed by atoms with Crippen LogP contribution in [0.15, 0.2) is 27.6 Å². The van der Waals surface area contributed by atoms with Crippen molar-refractivity contribution in [3.63, 3.8) is 0 Å². The van der Waals surface area contributed by atoms with Gasteiger partial charge >= 0.3 is 0 Å². The van der Waals surface area contributed by atoms with Crippen LogP contribution >= 0.6 is 27.7 Å². The van der Waals surface area contributed by atoms with Crippen LogP contribution in [0.25, 0.3) is 0 Å². The maximum absolute atomic E-state index is 11.5. The molecule has 0 unspecified atom stereocenters. The first-order chi connectivity index (χ1) is 6.75. The fourth-order valence-electron chi connectivity index (χ4n) is 1.58. The molecule has 0 saturated carbocycles. The third-order valence-electron chi connectivity index (χ3n) is 2.27. The average Bonchev–Trinajstić information content (AvgIpc) is 2.12. The van der Waals surface area contributed by atoms with Gasteiger partial charge in [-0.3, -0.25) is 4.79 Å². The van der Waals surface area contributed by atoms with Gasteiger partial charge in [0.25, 0.3) is 0 Å². The molecule has 0 bridgehead atoms. The Kier molecular flexibility index (Phi) is 3.29. The van der Waals surface area contributed by atoms with Crippen molar-refractivity contribution in [3.05, 3.63) is 28.2 Å². The quantitative estimate of drug-likeness (QED) is 0.719. The second kappa shape index (κ2) is 4.49. The van der Waals surface area contributed by atoms with E-state index in [-0.39, 0.29) is 0 Å². The summed E-state index contributed by atoms with van der Waals surface area (Å²) in [5, 5.41) is 0. The first-order valence-electron chi connectivity index (χ1n) is 4.68. The summed E-state index contributed by atoms with van der Waals surface area (Å²) < 4.78 is 1.06. The van der Waals surface area contributed by atoms with E-state index in [0.717, 1.165) is 23.1 Å². The Morgan fingerprint density at radius 2 is 2.21 bits per heavy atom. The highest BCUT2D eigenvalue weighted by Gasteiger charge is 2.12. The minimum Gasteiger partial charge on any atom is -0.299 e. The molecule has 1 nitrogen and oxygen atoms in total. The molecule has 0 aliphatic carbocycles. The Labute approximate surface area is 96.4 Å². The summed E-state index contributed by atoms with van der Waals surface area (Å²) in [4.78, 5) is 12.8. The summed E-state index contributed by atoms with van der Waals surface area (Å²) in [7, 11) is 0. The average molecular weight is 271 g/mol. The number of benzene rings is 1. The molecule has 1 aromatic rings. The molecule has 0 N–H and O–H groups in total. The maximum Gasteiger partial charge on any atom is 0.137 e. The topological polar surface area (TPSA) is 17.1 Å². The molecule has 0 radical (unpaired) electrons. The zero-order chi connectivity index (χ0) is 9.97. The lowest BCUT2D eigenvalue weighted by molar-refractivity contribution is -0.118. The van der Waals surface area contributed by atoms with E-state index in [9.17, 15) is 4.79 Å². The van der Waals surface area contributed by atoms with E-state index in [1.165, 1.54) is 10.5 Å². The molecule has 0 amide bonds. The molecule has 0 atom stereocenters. The third kappa shape index (κ3) is 2.39. The molecule has 1 aliphatic heterocycles. The molecule has 1 aliphatic rings. The summed E-state index contributed by atoms with van der Waals surface area (Å²) in [6.07, 6.45) is 2.35. The van der Waals surface area contributed by atoms with Gasteiger partial charge in [-0.05, 0) is 35.9 Å². The Morgan fingerprint density at radius 3 is 3.07 bits per heavy atom. The summed E-state index contributed by atoms with van der Waals surface area (Å²) in [5.74, 6) is 1.42. The third-order valence-corrected chi connectivity index (χ3v) is 3.96. The van der Waals surface area contributed by atoms with E-state index in [4.69, 9.17) is 0 Å². The summed E-state index contributed by atoms with van der Waals surface area (Å²) in [6, 6.07) is 6.20. The predicted molar refractivity (Wildman–Crippen MR) is 62.8 cm³/mol. The van der Waals surface area contributed by atoms with Gasteiger partial charge in [0, 0.05) is 22.2 Å². The monoisotopic (exact) mass is 270 g/mol. The normalized spacial score (nSPS) is 17.1. The number of carbonyl (C=O) groups excluding carboxylic acids is 1. The molecule has 1 heterocycles. The predicted octanol–water partition coefficient (Wildman–Crippen LogP) is 3.45. The van der Waals surface area contributed by atoms with Crippen LogP contribution in [0.5, 0.6) is 0 Å². The Hall–Kier alpha value is -0.280. The highest BCUT2D eigenvalue weighted by molar-refractivity contribution is 9.10. The second-order valence-corrected chi connectivity index (χ2v) is 5.47. The lowest BCUT2D eigenvalue weighted by atomic mass is 10.1. The van der Waals surface area contributed by atoms with E-state index in [1.54, 1.807) is 0 Å². The van der Waals surface area contributed by atoms with Crippen molar-refractivity contribution in [2.45, 2.75) is 24.2 Å². The van der Waals surface area contributed by atoms with Crippen molar-refractivity contribution < 1.29 is 4.79 Å². The molecule has 0 fully saturated rings.